The van der Waals surface area contributed by atoms with Crippen molar-refractivity contribution in [3.63, 3.8) is 0 Å². The summed E-state index contributed by atoms with van der Waals surface area (Å²) < 4.78 is 5.39. The highest BCUT2D eigenvalue weighted by molar-refractivity contribution is 4.82. The van der Waals surface area contributed by atoms with Gasteiger partial charge in [0.1, 0.15) is 0 Å². The van der Waals surface area contributed by atoms with Gasteiger partial charge in [-0.05, 0) is 20.8 Å². The minimum atomic E-state index is -0.0427. The molecular formula is C8H17NO. The summed E-state index contributed by atoms with van der Waals surface area (Å²) in [5.74, 6) is 0. The van der Waals surface area contributed by atoms with Crippen LogP contribution in [0.25, 0.3) is 0 Å². The molecule has 0 radical (unpaired) electrons. The Morgan fingerprint density at radius 2 is 1.90 bits per heavy atom. The maximum atomic E-state index is 5.39. The second kappa shape index (κ2) is 4.47. The number of rotatable bonds is 3. The molecule has 0 unspecified atom stereocenters. The van der Waals surface area contributed by atoms with Crippen molar-refractivity contribution in [2.24, 2.45) is 5.73 Å². The van der Waals surface area contributed by atoms with Gasteiger partial charge in [-0.25, -0.2) is 0 Å². The average molecular weight is 143 g/mol. The molecule has 0 aliphatic heterocycles. The summed E-state index contributed by atoms with van der Waals surface area (Å²) in [6.45, 7) is 7.34. The van der Waals surface area contributed by atoms with Gasteiger partial charge >= 0.3 is 0 Å². The number of hydrogen-bond acceptors (Lipinski definition) is 2. The summed E-state index contributed by atoms with van der Waals surface area (Å²) in [7, 11) is 0. The van der Waals surface area contributed by atoms with Gasteiger partial charge in [-0.15, -0.1) is 0 Å². The van der Waals surface area contributed by atoms with Crippen LogP contribution < -0.4 is 5.73 Å². The molecule has 2 N–H and O–H groups in total. The summed E-state index contributed by atoms with van der Waals surface area (Å²) >= 11 is 0. The highest BCUT2D eigenvalue weighted by Crippen LogP contribution is 2.05. The third-order valence-corrected chi connectivity index (χ3v) is 0.915. The quantitative estimate of drug-likeness (QED) is 0.605. The third-order valence-electron chi connectivity index (χ3n) is 0.915. The maximum absolute atomic E-state index is 5.39. The van der Waals surface area contributed by atoms with Crippen molar-refractivity contribution >= 4 is 0 Å². The Labute approximate surface area is 63.1 Å². The summed E-state index contributed by atoms with van der Waals surface area (Å²) in [4.78, 5) is 0. The zero-order valence-corrected chi connectivity index (χ0v) is 7.05. The first-order chi connectivity index (χ1) is 4.56. The molecule has 0 spiro atoms. The first kappa shape index (κ1) is 9.66. The van der Waals surface area contributed by atoms with Crippen LogP contribution in [0.1, 0.15) is 20.8 Å². The fourth-order valence-electron chi connectivity index (χ4n) is 0.462. The minimum Gasteiger partial charge on any atom is -0.372 e. The summed E-state index contributed by atoms with van der Waals surface area (Å²) in [6, 6.07) is 0. The molecule has 0 bridgehead atoms. The van der Waals surface area contributed by atoms with Crippen molar-refractivity contribution in [1.29, 1.82) is 0 Å². The van der Waals surface area contributed by atoms with E-state index in [1.165, 1.54) is 0 Å². The van der Waals surface area contributed by atoms with Crippen LogP contribution in [-0.4, -0.2) is 18.8 Å². The molecule has 0 rings (SSSR count). The molecule has 0 aromatic carbocycles. The number of ether oxygens (including phenoxy) is 1. The number of nitrogens with two attached hydrogens (primary N) is 1. The molecule has 0 amide bonds. The van der Waals surface area contributed by atoms with Crippen LogP contribution in [-0.2, 0) is 4.74 Å². The second-order valence-corrected chi connectivity index (χ2v) is 3.13. The SMILES string of the molecule is CC(C)(C)OC/C=C/CN. The molecule has 0 aromatic heterocycles. The molecule has 2 heteroatoms. The minimum absolute atomic E-state index is 0.0427. The zero-order chi connectivity index (χ0) is 8.04. The Balaban J connectivity index is 3.28. The highest BCUT2D eigenvalue weighted by atomic mass is 16.5. The van der Waals surface area contributed by atoms with E-state index in [0.717, 1.165) is 0 Å². The Morgan fingerprint density at radius 1 is 1.30 bits per heavy atom. The lowest BCUT2D eigenvalue weighted by atomic mass is 10.2. The van der Waals surface area contributed by atoms with E-state index in [-0.39, 0.29) is 5.60 Å². The van der Waals surface area contributed by atoms with E-state index in [4.69, 9.17) is 10.5 Å². The third kappa shape index (κ3) is 7.66. The van der Waals surface area contributed by atoms with Gasteiger partial charge in [0.2, 0.25) is 0 Å². The second-order valence-electron chi connectivity index (χ2n) is 3.13. The highest BCUT2D eigenvalue weighted by Gasteiger charge is 2.07. The van der Waals surface area contributed by atoms with Crippen molar-refractivity contribution in [2.45, 2.75) is 26.4 Å². The van der Waals surface area contributed by atoms with E-state index >= 15 is 0 Å². The van der Waals surface area contributed by atoms with Gasteiger partial charge in [-0.1, -0.05) is 12.2 Å². The lowest BCUT2D eigenvalue weighted by Gasteiger charge is -2.17. The predicted molar refractivity (Wildman–Crippen MR) is 43.9 cm³/mol. The molecule has 0 saturated carbocycles. The van der Waals surface area contributed by atoms with Gasteiger partial charge in [0.15, 0.2) is 0 Å². The van der Waals surface area contributed by atoms with Crippen LogP contribution in [0.2, 0.25) is 0 Å². The molecule has 2 nitrogen and oxygen atoms in total. The van der Waals surface area contributed by atoms with E-state index in [1.807, 2.05) is 32.9 Å². The van der Waals surface area contributed by atoms with E-state index in [2.05, 4.69) is 0 Å². The average Bonchev–Trinajstić information content (AvgIpc) is 1.78. The topological polar surface area (TPSA) is 35.2 Å². The van der Waals surface area contributed by atoms with Crippen molar-refractivity contribution < 1.29 is 4.74 Å². The van der Waals surface area contributed by atoms with Crippen LogP contribution in [0.4, 0.5) is 0 Å². The molecular weight excluding hydrogens is 126 g/mol. The predicted octanol–water partition coefficient (Wildman–Crippen LogP) is 1.32. The summed E-state index contributed by atoms with van der Waals surface area (Å²) in [6.07, 6.45) is 3.83. The van der Waals surface area contributed by atoms with Crippen molar-refractivity contribution in [3.05, 3.63) is 12.2 Å². The molecule has 0 fully saturated rings. The smallest absolute Gasteiger partial charge is 0.0655 e. The van der Waals surface area contributed by atoms with Crippen molar-refractivity contribution in [1.82, 2.24) is 0 Å². The van der Waals surface area contributed by atoms with Crippen LogP contribution in [0.15, 0.2) is 12.2 Å². The first-order valence-corrected chi connectivity index (χ1v) is 3.55. The van der Waals surface area contributed by atoms with Crippen molar-refractivity contribution in [2.75, 3.05) is 13.2 Å². The van der Waals surface area contributed by atoms with Gasteiger partial charge in [0.25, 0.3) is 0 Å². The molecule has 60 valence electrons. The lowest BCUT2D eigenvalue weighted by Crippen LogP contribution is -2.18. The standard InChI is InChI=1S/C8H17NO/c1-8(2,3)10-7-5-4-6-9/h4-5H,6-7,9H2,1-3H3/b5-4+. The Kier molecular flexibility index (Phi) is 4.32. The summed E-state index contributed by atoms with van der Waals surface area (Å²) in [5.41, 5.74) is 5.19. The van der Waals surface area contributed by atoms with Gasteiger partial charge in [-0.2, -0.15) is 0 Å². The Bertz CT molecular complexity index is 102. The van der Waals surface area contributed by atoms with E-state index in [0.29, 0.717) is 13.2 Å². The Hall–Kier alpha value is -0.340. The molecule has 0 atom stereocenters. The fraction of sp³-hybridized carbons (Fsp3) is 0.750. The van der Waals surface area contributed by atoms with E-state index in [9.17, 15) is 0 Å². The van der Waals surface area contributed by atoms with Crippen LogP contribution in [0.5, 0.6) is 0 Å². The van der Waals surface area contributed by atoms with Crippen LogP contribution in [0.3, 0.4) is 0 Å². The lowest BCUT2D eigenvalue weighted by molar-refractivity contribution is 0.0149. The van der Waals surface area contributed by atoms with E-state index < -0.39 is 0 Å². The fourth-order valence-corrected chi connectivity index (χ4v) is 0.462. The molecule has 0 aliphatic rings. The first-order valence-electron chi connectivity index (χ1n) is 3.55. The van der Waals surface area contributed by atoms with Gasteiger partial charge in [0, 0.05) is 6.54 Å². The van der Waals surface area contributed by atoms with Crippen LogP contribution in [0, 0.1) is 0 Å². The molecule has 0 saturated heterocycles. The zero-order valence-electron chi connectivity index (χ0n) is 7.05. The monoisotopic (exact) mass is 143 g/mol. The maximum Gasteiger partial charge on any atom is 0.0655 e. The molecule has 0 heterocycles. The van der Waals surface area contributed by atoms with Crippen molar-refractivity contribution in [3.8, 4) is 0 Å². The normalized spacial score (nSPS) is 12.8. The largest absolute Gasteiger partial charge is 0.372 e. The summed E-state index contributed by atoms with van der Waals surface area (Å²) in [5, 5.41) is 0. The van der Waals surface area contributed by atoms with Crippen LogP contribution >= 0.6 is 0 Å². The van der Waals surface area contributed by atoms with Gasteiger partial charge in [-0.3, -0.25) is 0 Å². The molecule has 10 heavy (non-hydrogen) atoms. The van der Waals surface area contributed by atoms with Gasteiger partial charge < -0.3 is 10.5 Å². The molecule has 0 aliphatic carbocycles. The van der Waals surface area contributed by atoms with E-state index in [1.54, 1.807) is 0 Å². The number of hydrogen-bond donors (Lipinski definition) is 1. The Morgan fingerprint density at radius 3 is 2.30 bits per heavy atom. The van der Waals surface area contributed by atoms with Gasteiger partial charge in [0.05, 0.1) is 12.2 Å². The molecule has 0 aromatic rings.